The van der Waals surface area contributed by atoms with Gasteiger partial charge >= 0.3 is 0 Å². The number of carbonyl (C=O) groups is 1. The molecule has 1 aromatic carbocycles. The van der Waals surface area contributed by atoms with Crippen molar-refractivity contribution in [1.82, 2.24) is 14.8 Å². The monoisotopic (exact) mass is 421 g/mol. The van der Waals surface area contributed by atoms with Gasteiger partial charge in [-0.1, -0.05) is 45.1 Å². The van der Waals surface area contributed by atoms with Crippen molar-refractivity contribution in [2.45, 2.75) is 25.1 Å². The number of halogens is 1. The van der Waals surface area contributed by atoms with Crippen molar-refractivity contribution in [1.29, 1.82) is 0 Å². The summed E-state index contributed by atoms with van der Waals surface area (Å²) < 4.78 is 3.96. The number of benzene rings is 1. The number of carbonyl (C=O) groups excluding carboxylic acids is 1. The van der Waals surface area contributed by atoms with Gasteiger partial charge < -0.3 is 4.57 Å². The molecule has 24 heavy (non-hydrogen) atoms. The van der Waals surface area contributed by atoms with E-state index in [0.29, 0.717) is 5.75 Å². The molecule has 0 aliphatic carbocycles. The highest BCUT2D eigenvalue weighted by atomic mass is 79.9. The van der Waals surface area contributed by atoms with Gasteiger partial charge in [-0.25, -0.2) is 0 Å². The molecule has 2 aromatic heterocycles. The Morgan fingerprint density at radius 3 is 2.71 bits per heavy atom. The van der Waals surface area contributed by atoms with Crippen LogP contribution in [0.4, 0.5) is 0 Å². The van der Waals surface area contributed by atoms with E-state index < -0.39 is 0 Å². The number of rotatable bonds is 5. The lowest BCUT2D eigenvalue weighted by molar-refractivity contribution is 0.102. The number of ketones is 1. The summed E-state index contributed by atoms with van der Waals surface area (Å²) in [6, 6.07) is 10.0. The Labute approximate surface area is 157 Å². The highest BCUT2D eigenvalue weighted by Gasteiger charge is 2.17. The maximum absolute atomic E-state index is 12.6. The Balaban J connectivity index is 1.84. The molecule has 0 saturated carbocycles. The molecule has 0 bridgehead atoms. The Kier molecular flexibility index (Phi) is 5.22. The van der Waals surface area contributed by atoms with Crippen LogP contribution in [0, 0.1) is 20.8 Å². The second-order valence-corrected chi connectivity index (χ2v) is 8.72. The first kappa shape index (κ1) is 17.4. The Bertz CT molecular complexity index is 901. The maximum atomic E-state index is 12.6. The lowest BCUT2D eigenvalue weighted by atomic mass is 10.2. The predicted octanol–water partition coefficient (Wildman–Crippen LogP) is 4.99. The van der Waals surface area contributed by atoms with Crippen LogP contribution in [0.1, 0.15) is 26.8 Å². The third-order valence-electron chi connectivity index (χ3n) is 3.63. The smallest absolute Gasteiger partial charge is 0.174 e. The number of Topliss-reactive ketones (excluding diaryl/α,β-unsaturated/α-hetero) is 1. The van der Waals surface area contributed by atoms with Gasteiger partial charge in [0.2, 0.25) is 0 Å². The second kappa shape index (κ2) is 7.21. The molecular formula is C17H16BrN3OS2. The standard InChI is InChI=1S/C17H16BrN3OS2/c1-10-7-15(16(22)9-23-17-20-19-12(3)24-17)11(2)21(10)14-6-4-5-13(18)8-14/h4-8H,9H2,1-3H3. The molecule has 0 unspecified atom stereocenters. The van der Waals surface area contributed by atoms with E-state index in [1.54, 1.807) is 0 Å². The molecule has 4 nitrogen and oxygen atoms in total. The molecule has 3 rings (SSSR count). The maximum Gasteiger partial charge on any atom is 0.174 e. The number of aryl methyl sites for hydroxylation is 2. The molecule has 0 amide bonds. The molecular weight excluding hydrogens is 406 g/mol. The van der Waals surface area contributed by atoms with Gasteiger partial charge in [-0.05, 0) is 45.0 Å². The summed E-state index contributed by atoms with van der Waals surface area (Å²) in [6.07, 6.45) is 0. The van der Waals surface area contributed by atoms with Crippen LogP contribution >= 0.6 is 39.0 Å². The van der Waals surface area contributed by atoms with Gasteiger partial charge in [-0.3, -0.25) is 4.79 Å². The first-order chi connectivity index (χ1) is 11.5. The zero-order chi connectivity index (χ0) is 17.3. The van der Waals surface area contributed by atoms with Gasteiger partial charge in [0, 0.05) is 27.1 Å². The molecule has 2 heterocycles. The van der Waals surface area contributed by atoms with Crippen LogP contribution in [0.3, 0.4) is 0 Å². The van der Waals surface area contributed by atoms with Crippen LogP contribution in [-0.4, -0.2) is 26.3 Å². The summed E-state index contributed by atoms with van der Waals surface area (Å²) in [5, 5.41) is 8.95. The summed E-state index contributed by atoms with van der Waals surface area (Å²) in [5.74, 6) is 0.486. The number of nitrogens with zero attached hydrogens (tertiary/aromatic N) is 3. The van der Waals surface area contributed by atoms with Gasteiger partial charge in [0.15, 0.2) is 10.1 Å². The number of hydrogen-bond acceptors (Lipinski definition) is 5. The average molecular weight is 422 g/mol. The number of thioether (sulfide) groups is 1. The van der Waals surface area contributed by atoms with Crippen molar-refractivity contribution in [3.63, 3.8) is 0 Å². The fourth-order valence-corrected chi connectivity index (χ4v) is 4.69. The number of hydrogen-bond donors (Lipinski definition) is 0. The average Bonchev–Trinajstić information content (AvgIpc) is 3.08. The van der Waals surface area contributed by atoms with Crippen LogP contribution in [0.2, 0.25) is 0 Å². The van der Waals surface area contributed by atoms with E-state index in [0.717, 1.165) is 36.5 Å². The van der Waals surface area contributed by atoms with E-state index in [1.807, 2.05) is 51.1 Å². The van der Waals surface area contributed by atoms with Gasteiger partial charge in [-0.2, -0.15) is 0 Å². The van der Waals surface area contributed by atoms with Gasteiger partial charge in [0.1, 0.15) is 5.01 Å². The van der Waals surface area contributed by atoms with Crippen LogP contribution < -0.4 is 0 Å². The Hall–Kier alpha value is -1.44. The SMILES string of the molecule is Cc1nnc(SCC(=O)c2cc(C)n(-c3cccc(Br)c3)c2C)s1. The van der Waals surface area contributed by atoms with Gasteiger partial charge in [0.05, 0.1) is 5.75 Å². The minimum atomic E-state index is 0.113. The summed E-state index contributed by atoms with van der Waals surface area (Å²) in [4.78, 5) is 12.6. The molecule has 0 spiro atoms. The van der Waals surface area contributed by atoms with E-state index in [4.69, 9.17) is 0 Å². The molecule has 0 atom stereocenters. The molecule has 0 fully saturated rings. The summed E-state index contributed by atoms with van der Waals surface area (Å²) in [7, 11) is 0. The van der Waals surface area contributed by atoms with Crippen LogP contribution in [-0.2, 0) is 0 Å². The van der Waals surface area contributed by atoms with Gasteiger partial charge in [0.25, 0.3) is 0 Å². The van der Waals surface area contributed by atoms with Gasteiger partial charge in [-0.15, -0.1) is 10.2 Å². The van der Waals surface area contributed by atoms with Crippen molar-refractivity contribution < 1.29 is 4.79 Å². The van der Waals surface area contributed by atoms with E-state index in [1.165, 1.54) is 23.1 Å². The quantitative estimate of drug-likeness (QED) is 0.429. The zero-order valence-corrected chi connectivity index (χ0v) is 16.8. The lowest BCUT2D eigenvalue weighted by Gasteiger charge is -2.10. The summed E-state index contributed by atoms with van der Waals surface area (Å²) in [5.41, 5.74) is 3.82. The van der Waals surface area contributed by atoms with E-state index in [9.17, 15) is 4.79 Å². The Morgan fingerprint density at radius 1 is 1.25 bits per heavy atom. The molecule has 124 valence electrons. The normalized spacial score (nSPS) is 11.0. The van der Waals surface area contributed by atoms with Crippen molar-refractivity contribution >= 4 is 44.8 Å². The lowest BCUT2D eigenvalue weighted by Crippen LogP contribution is -2.05. The van der Waals surface area contributed by atoms with Crippen LogP contribution in [0.15, 0.2) is 39.1 Å². The highest BCUT2D eigenvalue weighted by molar-refractivity contribution is 9.10. The Morgan fingerprint density at radius 2 is 2.04 bits per heavy atom. The minimum absolute atomic E-state index is 0.113. The van der Waals surface area contributed by atoms with Crippen molar-refractivity contribution in [3.8, 4) is 5.69 Å². The van der Waals surface area contributed by atoms with Crippen molar-refractivity contribution in [2.75, 3.05) is 5.75 Å². The highest BCUT2D eigenvalue weighted by Crippen LogP contribution is 2.26. The summed E-state index contributed by atoms with van der Waals surface area (Å²) in [6.45, 7) is 5.92. The fraction of sp³-hybridized carbons (Fsp3) is 0.235. The largest absolute Gasteiger partial charge is 0.318 e. The molecule has 0 N–H and O–H groups in total. The third-order valence-corrected chi connectivity index (χ3v) is 6.10. The summed E-state index contributed by atoms with van der Waals surface area (Å²) >= 11 is 6.46. The molecule has 0 aliphatic rings. The first-order valence-corrected chi connectivity index (χ1v) is 9.96. The van der Waals surface area contributed by atoms with Crippen molar-refractivity contribution in [2.24, 2.45) is 0 Å². The van der Waals surface area contributed by atoms with E-state index in [-0.39, 0.29) is 5.78 Å². The third kappa shape index (κ3) is 3.63. The topological polar surface area (TPSA) is 47.8 Å². The molecule has 7 heteroatoms. The van der Waals surface area contributed by atoms with Crippen LogP contribution in [0.25, 0.3) is 5.69 Å². The minimum Gasteiger partial charge on any atom is -0.318 e. The zero-order valence-electron chi connectivity index (χ0n) is 13.5. The molecule has 0 radical (unpaired) electrons. The first-order valence-electron chi connectivity index (χ1n) is 7.36. The second-order valence-electron chi connectivity index (χ2n) is 5.40. The number of aromatic nitrogens is 3. The van der Waals surface area contributed by atoms with Crippen LogP contribution in [0.5, 0.6) is 0 Å². The fourth-order valence-electron chi connectivity index (χ4n) is 2.60. The molecule has 3 aromatic rings. The van der Waals surface area contributed by atoms with E-state index in [2.05, 4.69) is 30.7 Å². The van der Waals surface area contributed by atoms with Crippen molar-refractivity contribution in [3.05, 3.63) is 56.8 Å². The molecule has 0 aliphatic heterocycles. The predicted molar refractivity (Wildman–Crippen MR) is 103 cm³/mol. The van der Waals surface area contributed by atoms with E-state index >= 15 is 0 Å². The molecule has 0 saturated heterocycles.